The van der Waals surface area contributed by atoms with Gasteiger partial charge in [0.25, 0.3) is 0 Å². The molecule has 1 aliphatic rings. The number of halogens is 1. The molecule has 0 atom stereocenters. The lowest BCUT2D eigenvalue weighted by Crippen LogP contribution is -2.48. The molecule has 6 heteroatoms. The topological polar surface area (TPSA) is 36.0 Å². The zero-order valence-electron chi connectivity index (χ0n) is 14.2. The van der Waals surface area contributed by atoms with Crippen molar-refractivity contribution in [2.24, 2.45) is 0 Å². The van der Waals surface area contributed by atoms with Crippen molar-refractivity contribution >= 4 is 23.3 Å². The first-order valence-corrected chi connectivity index (χ1v) is 8.47. The molecule has 0 amide bonds. The number of likely N-dealkylation sites (N-methyl/N-ethyl adjacent to an activating group) is 1. The van der Waals surface area contributed by atoms with Crippen molar-refractivity contribution in [2.45, 2.75) is 6.92 Å². The van der Waals surface area contributed by atoms with E-state index >= 15 is 0 Å². The van der Waals surface area contributed by atoms with E-state index in [1.807, 2.05) is 12.1 Å². The summed E-state index contributed by atoms with van der Waals surface area (Å²) in [5.41, 5.74) is 1.48. The molecular weight excluding hydrogens is 314 g/mol. The maximum Gasteiger partial charge on any atom is 0.339 e. The second kappa shape index (κ2) is 8.52. The summed E-state index contributed by atoms with van der Waals surface area (Å²) in [6.45, 7) is 8.29. The van der Waals surface area contributed by atoms with Crippen molar-refractivity contribution in [3.05, 3.63) is 28.8 Å². The fourth-order valence-electron chi connectivity index (χ4n) is 2.65. The van der Waals surface area contributed by atoms with Crippen LogP contribution in [-0.4, -0.2) is 75.7 Å². The maximum atomic E-state index is 12.0. The first-order chi connectivity index (χ1) is 11.0. The molecule has 0 bridgehead atoms. The van der Waals surface area contributed by atoms with E-state index in [1.165, 1.54) is 0 Å². The van der Waals surface area contributed by atoms with Gasteiger partial charge < -0.3 is 14.5 Å². The zero-order valence-corrected chi connectivity index (χ0v) is 15.0. The van der Waals surface area contributed by atoms with Gasteiger partial charge >= 0.3 is 5.97 Å². The van der Waals surface area contributed by atoms with Gasteiger partial charge in [0, 0.05) is 45.0 Å². The Morgan fingerprint density at radius 2 is 1.96 bits per heavy atom. The van der Waals surface area contributed by atoms with Crippen LogP contribution in [0.5, 0.6) is 0 Å². The first-order valence-electron chi connectivity index (χ1n) is 8.10. The number of hydrogen-bond donors (Lipinski definition) is 0. The Morgan fingerprint density at radius 3 is 2.57 bits per heavy atom. The molecule has 0 spiro atoms. The quantitative estimate of drug-likeness (QED) is 0.743. The number of nitrogens with zero attached hydrogens (tertiary/aromatic N) is 3. The van der Waals surface area contributed by atoms with Gasteiger partial charge in [-0.1, -0.05) is 11.6 Å². The lowest BCUT2D eigenvalue weighted by Gasteiger charge is -2.36. The van der Waals surface area contributed by atoms with Crippen molar-refractivity contribution < 1.29 is 9.53 Å². The Kier molecular flexibility index (Phi) is 6.69. The summed E-state index contributed by atoms with van der Waals surface area (Å²) in [6.07, 6.45) is 0. The highest BCUT2D eigenvalue weighted by molar-refractivity contribution is 6.33. The number of esters is 1. The van der Waals surface area contributed by atoms with Gasteiger partial charge in [-0.2, -0.15) is 0 Å². The standard InChI is InChI=1S/C17H26ClN3O2/c1-4-23-17(22)15-13-14(5-6-16(15)18)21-11-9-20(10-12-21)8-7-19(2)3/h5-6,13H,4,7-12H2,1-3H3. The summed E-state index contributed by atoms with van der Waals surface area (Å²) >= 11 is 6.13. The van der Waals surface area contributed by atoms with Gasteiger partial charge in [0.05, 0.1) is 17.2 Å². The van der Waals surface area contributed by atoms with Gasteiger partial charge in [-0.25, -0.2) is 4.79 Å². The molecule has 0 N–H and O–H groups in total. The molecule has 0 saturated carbocycles. The molecule has 1 aromatic rings. The van der Waals surface area contributed by atoms with Crippen molar-refractivity contribution in [3.63, 3.8) is 0 Å². The van der Waals surface area contributed by atoms with Crippen LogP contribution in [0.15, 0.2) is 18.2 Å². The SMILES string of the molecule is CCOC(=O)c1cc(N2CCN(CCN(C)C)CC2)ccc1Cl. The van der Waals surface area contributed by atoms with Crippen molar-refractivity contribution in [1.82, 2.24) is 9.80 Å². The number of carbonyl (C=O) groups excluding carboxylic acids is 1. The van der Waals surface area contributed by atoms with Crippen LogP contribution >= 0.6 is 11.6 Å². The highest BCUT2D eigenvalue weighted by atomic mass is 35.5. The van der Waals surface area contributed by atoms with E-state index in [0.29, 0.717) is 17.2 Å². The van der Waals surface area contributed by atoms with E-state index in [4.69, 9.17) is 16.3 Å². The van der Waals surface area contributed by atoms with E-state index in [1.54, 1.807) is 13.0 Å². The lowest BCUT2D eigenvalue weighted by molar-refractivity contribution is 0.0526. The largest absolute Gasteiger partial charge is 0.462 e. The minimum atomic E-state index is -0.357. The summed E-state index contributed by atoms with van der Waals surface area (Å²) in [6, 6.07) is 5.60. The summed E-state index contributed by atoms with van der Waals surface area (Å²) in [5.74, 6) is -0.357. The Morgan fingerprint density at radius 1 is 1.26 bits per heavy atom. The smallest absolute Gasteiger partial charge is 0.339 e. The number of rotatable bonds is 6. The number of piperazine rings is 1. The molecule has 1 aliphatic heterocycles. The molecule has 0 radical (unpaired) electrons. The molecule has 2 rings (SSSR count). The fraction of sp³-hybridized carbons (Fsp3) is 0.588. The monoisotopic (exact) mass is 339 g/mol. The van der Waals surface area contributed by atoms with Crippen LogP contribution in [0.3, 0.4) is 0 Å². The number of hydrogen-bond acceptors (Lipinski definition) is 5. The lowest BCUT2D eigenvalue weighted by atomic mass is 10.1. The molecule has 0 unspecified atom stereocenters. The summed E-state index contributed by atoms with van der Waals surface area (Å²) in [4.78, 5) is 18.9. The molecule has 0 aromatic heterocycles. The van der Waals surface area contributed by atoms with Gasteiger partial charge in [-0.05, 0) is 39.2 Å². The third kappa shape index (κ3) is 5.09. The fourth-order valence-corrected chi connectivity index (χ4v) is 2.84. The van der Waals surface area contributed by atoms with Crippen LogP contribution in [-0.2, 0) is 4.74 Å². The van der Waals surface area contributed by atoms with Gasteiger partial charge in [0.15, 0.2) is 0 Å². The Bertz CT molecular complexity index is 529. The maximum absolute atomic E-state index is 12.0. The van der Waals surface area contributed by atoms with E-state index in [-0.39, 0.29) is 5.97 Å². The number of anilines is 1. The van der Waals surface area contributed by atoms with Crippen LogP contribution in [0.2, 0.25) is 5.02 Å². The molecule has 128 valence electrons. The number of carbonyl (C=O) groups is 1. The van der Waals surface area contributed by atoms with Gasteiger partial charge in [-0.3, -0.25) is 4.90 Å². The average molecular weight is 340 g/mol. The zero-order chi connectivity index (χ0) is 16.8. The third-order valence-electron chi connectivity index (χ3n) is 4.05. The van der Waals surface area contributed by atoms with Crippen LogP contribution in [0.25, 0.3) is 0 Å². The van der Waals surface area contributed by atoms with Crippen LogP contribution in [0.4, 0.5) is 5.69 Å². The average Bonchev–Trinajstić information content (AvgIpc) is 2.54. The summed E-state index contributed by atoms with van der Waals surface area (Å²) in [7, 11) is 4.20. The molecule has 0 aliphatic carbocycles. The molecule has 5 nitrogen and oxygen atoms in total. The van der Waals surface area contributed by atoms with E-state index < -0.39 is 0 Å². The highest BCUT2D eigenvalue weighted by Gasteiger charge is 2.19. The minimum Gasteiger partial charge on any atom is -0.462 e. The Balaban J connectivity index is 1.98. The van der Waals surface area contributed by atoms with Crippen LogP contribution < -0.4 is 4.90 Å². The molecule has 23 heavy (non-hydrogen) atoms. The van der Waals surface area contributed by atoms with Gasteiger partial charge in [0.2, 0.25) is 0 Å². The second-order valence-corrected chi connectivity index (χ2v) is 6.42. The van der Waals surface area contributed by atoms with E-state index in [0.717, 1.165) is 45.0 Å². The van der Waals surface area contributed by atoms with Crippen molar-refractivity contribution in [1.29, 1.82) is 0 Å². The molecule has 1 fully saturated rings. The second-order valence-electron chi connectivity index (χ2n) is 6.02. The van der Waals surface area contributed by atoms with Crippen LogP contribution in [0.1, 0.15) is 17.3 Å². The molecule has 1 heterocycles. The van der Waals surface area contributed by atoms with Gasteiger partial charge in [0.1, 0.15) is 0 Å². The highest BCUT2D eigenvalue weighted by Crippen LogP contribution is 2.25. The first kappa shape index (κ1) is 18.0. The Hall–Kier alpha value is -1.30. The summed E-state index contributed by atoms with van der Waals surface area (Å²) in [5, 5.41) is 0.441. The normalized spacial score (nSPS) is 16.0. The Labute approximate surface area is 143 Å². The summed E-state index contributed by atoms with van der Waals surface area (Å²) < 4.78 is 5.07. The van der Waals surface area contributed by atoms with Gasteiger partial charge in [-0.15, -0.1) is 0 Å². The molecular formula is C17H26ClN3O2. The third-order valence-corrected chi connectivity index (χ3v) is 4.38. The number of ether oxygens (including phenoxy) is 1. The predicted octanol–water partition coefficient (Wildman–Crippen LogP) is 2.20. The number of benzene rings is 1. The molecule has 1 aromatic carbocycles. The predicted molar refractivity (Wildman–Crippen MR) is 94.6 cm³/mol. The minimum absolute atomic E-state index is 0.351. The molecule has 1 saturated heterocycles. The van der Waals surface area contributed by atoms with E-state index in [9.17, 15) is 4.79 Å². The van der Waals surface area contributed by atoms with Crippen LogP contribution in [0, 0.1) is 0 Å². The van der Waals surface area contributed by atoms with Crippen molar-refractivity contribution in [2.75, 3.05) is 64.9 Å². The van der Waals surface area contributed by atoms with Crippen molar-refractivity contribution in [3.8, 4) is 0 Å². The van der Waals surface area contributed by atoms with E-state index in [2.05, 4.69) is 28.8 Å².